The van der Waals surface area contributed by atoms with Crippen molar-refractivity contribution in [3.05, 3.63) is 53.9 Å². The van der Waals surface area contributed by atoms with Gasteiger partial charge in [-0.05, 0) is 37.6 Å². The summed E-state index contributed by atoms with van der Waals surface area (Å²) in [5.74, 6) is 2.64. The molecule has 0 atom stereocenters. The number of carbonyl (C=O) groups excluding carboxylic acids is 1. The fourth-order valence-electron chi connectivity index (χ4n) is 3.15. The number of rotatable bonds is 9. The third kappa shape index (κ3) is 5.13. The second-order valence-corrected chi connectivity index (χ2v) is 6.49. The minimum absolute atomic E-state index is 0.153. The zero-order valence-electron chi connectivity index (χ0n) is 17.1. The molecular formula is C22H27N5O2. The Bertz CT molecular complexity index is 990. The molecule has 1 aromatic heterocycles. The zero-order chi connectivity index (χ0) is 20.6. The molecule has 1 amide bonds. The minimum Gasteiger partial charge on any atom is -0.493 e. The summed E-state index contributed by atoms with van der Waals surface area (Å²) in [6.45, 7) is 8.07. The summed E-state index contributed by atoms with van der Waals surface area (Å²) in [5.41, 5.74) is 0.567. The third-order valence-electron chi connectivity index (χ3n) is 4.33. The van der Waals surface area contributed by atoms with E-state index in [-0.39, 0.29) is 5.91 Å². The van der Waals surface area contributed by atoms with Crippen LogP contribution in [0.5, 0.6) is 5.75 Å². The average molecular weight is 393 g/mol. The van der Waals surface area contributed by atoms with Gasteiger partial charge in [-0.2, -0.15) is 0 Å². The van der Waals surface area contributed by atoms with E-state index in [1.807, 2.05) is 63.2 Å². The zero-order valence-corrected chi connectivity index (χ0v) is 17.1. The number of nitrogens with zero attached hydrogens (tertiary/aromatic N) is 2. The van der Waals surface area contributed by atoms with Crippen LogP contribution in [0.1, 0.15) is 30.0 Å². The lowest BCUT2D eigenvalue weighted by Gasteiger charge is -2.14. The highest BCUT2D eigenvalue weighted by Gasteiger charge is 2.16. The minimum atomic E-state index is -0.153. The molecule has 7 nitrogen and oxygen atoms in total. The average Bonchev–Trinajstić information content (AvgIpc) is 2.71. The highest BCUT2D eigenvalue weighted by atomic mass is 16.5. The van der Waals surface area contributed by atoms with E-state index in [2.05, 4.69) is 25.9 Å². The van der Waals surface area contributed by atoms with E-state index in [0.717, 1.165) is 29.0 Å². The van der Waals surface area contributed by atoms with Crippen LogP contribution in [0.25, 0.3) is 10.8 Å². The molecule has 152 valence electrons. The van der Waals surface area contributed by atoms with Gasteiger partial charge in [-0.1, -0.05) is 30.3 Å². The van der Waals surface area contributed by atoms with Crippen molar-refractivity contribution in [2.45, 2.75) is 20.8 Å². The lowest BCUT2D eigenvalue weighted by atomic mass is 10.0. The number of anilines is 2. The van der Waals surface area contributed by atoms with Crippen LogP contribution in [0.4, 0.5) is 11.6 Å². The van der Waals surface area contributed by atoms with E-state index in [9.17, 15) is 4.79 Å². The molecule has 0 aliphatic rings. The Morgan fingerprint density at radius 2 is 1.76 bits per heavy atom. The summed E-state index contributed by atoms with van der Waals surface area (Å²) in [5, 5.41) is 11.3. The van der Waals surface area contributed by atoms with Gasteiger partial charge in [0.25, 0.3) is 5.91 Å². The second-order valence-electron chi connectivity index (χ2n) is 6.49. The van der Waals surface area contributed by atoms with Crippen LogP contribution in [0.15, 0.2) is 42.5 Å². The van der Waals surface area contributed by atoms with Gasteiger partial charge in [0.05, 0.1) is 12.2 Å². The fourth-order valence-corrected chi connectivity index (χ4v) is 3.15. The molecule has 3 aromatic rings. The quantitative estimate of drug-likeness (QED) is 0.481. The number of nitrogens with one attached hydrogen (secondary N) is 3. The number of benzene rings is 2. The smallest absolute Gasteiger partial charge is 0.255 e. The molecule has 29 heavy (non-hydrogen) atoms. The number of ether oxygens (including phenoxy) is 1. The lowest BCUT2D eigenvalue weighted by Crippen LogP contribution is -2.29. The van der Waals surface area contributed by atoms with Crippen molar-refractivity contribution in [3.63, 3.8) is 0 Å². The number of hydrogen-bond donors (Lipinski definition) is 3. The van der Waals surface area contributed by atoms with Gasteiger partial charge in [0.2, 0.25) is 0 Å². The van der Waals surface area contributed by atoms with Crippen LogP contribution in [-0.2, 0) is 0 Å². The molecule has 1 heterocycles. The maximum Gasteiger partial charge on any atom is 0.255 e. The molecule has 3 rings (SSSR count). The van der Waals surface area contributed by atoms with Gasteiger partial charge in [0.15, 0.2) is 0 Å². The molecule has 0 aliphatic carbocycles. The summed E-state index contributed by atoms with van der Waals surface area (Å²) in [6, 6.07) is 13.5. The van der Waals surface area contributed by atoms with Crippen molar-refractivity contribution in [2.75, 3.05) is 36.9 Å². The van der Waals surface area contributed by atoms with E-state index >= 15 is 0 Å². The van der Waals surface area contributed by atoms with Gasteiger partial charge in [-0.25, -0.2) is 9.97 Å². The number of amides is 1. The SMILES string of the molecule is CCNc1cc(NCCNC(=O)c2c(OCC)ccc3ccccc23)nc(C)n1. The molecule has 0 saturated heterocycles. The lowest BCUT2D eigenvalue weighted by molar-refractivity contribution is 0.0953. The van der Waals surface area contributed by atoms with Crippen molar-refractivity contribution in [1.29, 1.82) is 0 Å². The number of fused-ring (bicyclic) bond motifs is 1. The Morgan fingerprint density at radius 1 is 1.00 bits per heavy atom. The predicted octanol–water partition coefficient (Wildman–Crippen LogP) is 3.61. The molecule has 0 spiro atoms. The van der Waals surface area contributed by atoms with E-state index in [0.29, 0.717) is 36.8 Å². The Morgan fingerprint density at radius 3 is 2.52 bits per heavy atom. The van der Waals surface area contributed by atoms with Gasteiger partial charge >= 0.3 is 0 Å². The molecule has 3 N–H and O–H groups in total. The summed E-state index contributed by atoms with van der Waals surface area (Å²) >= 11 is 0. The van der Waals surface area contributed by atoms with Crippen LogP contribution >= 0.6 is 0 Å². The first-order valence-electron chi connectivity index (χ1n) is 9.88. The molecule has 0 aliphatic heterocycles. The van der Waals surface area contributed by atoms with Crippen LogP contribution in [-0.4, -0.2) is 42.1 Å². The Labute approximate surface area is 170 Å². The Hall–Kier alpha value is -3.35. The van der Waals surface area contributed by atoms with Crippen molar-refractivity contribution >= 4 is 28.3 Å². The van der Waals surface area contributed by atoms with Crippen LogP contribution in [0.3, 0.4) is 0 Å². The van der Waals surface area contributed by atoms with E-state index < -0.39 is 0 Å². The Kier molecular flexibility index (Phi) is 6.84. The first kappa shape index (κ1) is 20.4. The van der Waals surface area contributed by atoms with Crippen LogP contribution < -0.4 is 20.7 Å². The summed E-state index contributed by atoms with van der Waals surface area (Å²) < 4.78 is 5.69. The molecule has 0 fully saturated rings. The standard InChI is InChI=1S/C22H27N5O2/c1-4-23-19-14-20(27-15(3)26-19)24-12-13-25-22(28)21-17-9-7-6-8-16(17)10-11-18(21)29-5-2/h6-11,14H,4-5,12-13H2,1-3H3,(H,25,28)(H2,23,24,26,27). The largest absolute Gasteiger partial charge is 0.493 e. The van der Waals surface area contributed by atoms with E-state index in [1.54, 1.807) is 0 Å². The molecule has 0 saturated carbocycles. The normalized spacial score (nSPS) is 10.6. The maximum absolute atomic E-state index is 12.9. The topological polar surface area (TPSA) is 88.2 Å². The molecule has 0 unspecified atom stereocenters. The fraction of sp³-hybridized carbons (Fsp3) is 0.318. The summed E-state index contributed by atoms with van der Waals surface area (Å²) in [7, 11) is 0. The number of aryl methyl sites for hydroxylation is 1. The molecule has 0 radical (unpaired) electrons. The van der Waals surface area contributed by atoms with Crippen molar-refractivity contribution in [2.24, 2.45) is 0 Å². The van der Waals surface area contributed by atoms with Crippen molar-refractivity contribution < 1.29 is 9.53 Å². The first-order chi connectivity index (χ1) is 14.1. The molecule has 2 aromatic carbocycles. The van der Waals surface area contributed by atoms with Crippen LogP contribution in [0, 0.1) is 6.92 Å². The number of aromatic nitrogens is 2. The molecule has 7 heteroatoms. The third-order valence-corrected chi connectivity index (χ3v) is 4.33. The molecular weight excluding hydrogens is 366 g/mol. The summed E-state index contributed by atoms with van der Waals surface area (Å²) in [4.78, 5) is 21.6. The van der Waals surface area contributed by atoms with Crippen LogP contribution in [0.2, 0.25) is 0 Å². The predicted molar refractivity (Wildman–Crippen MR) is 117 cm³/mol. The van der Waals surface area contributed by atoms with Gasteiger partial charge in [0.1, 0.15) is 23.2 Å². The first-order valence-corrected chi connectivity index (χ1v) is 9.88. The molecule has 0 bridgehead atoms. The van der Waals surface area contributed by atoms with Crippen molar-refractivity contribution in [1.82, 2.24) is 15.3 Å². The van der Waals surface area contributed by atoms with Crippen molar-refractivity contribution in [3.8, 4) is 5.75 Å². The highest BCUT2D eigenvalue weighted by molar-refractivity contribution is 6.09. The second kappa shape index (κ2) is 9.73. The highest BCUT2D eigenvalue weighted by Crippen LogP contribution is 2.28. The monoisotopic (exact) mass is 393 g/mol. The van der Waals surface area contributed by atoms with E-state index in [1.165, 1.54) is 0 Å². The number of carbonyl (C=O) groups is 1. The van der Waals surface area contributed by atoms with Gasteiger partial charge in [0, 0.05) is 25.7 Å². The van der Waals surface area contributed by atoms with Gasteiger partial charge < -0.3 is 20.7 Å². The van der Waals surface area contributed by atoms with E-state index in [4.69, 9.17) is 4.74 Å². The Balaban J connectivity index is 1.66. The van der Waals surface area contributed by atoms with Gasteiger partial charge in [-0.3, -0.25) is 4.79 Å². The number of hydrogen-bond acceptors (Lipinski definition) is 6. The van der Waals surface area contributed by atoms with Gasteiger partial charge in [-0.15, -0.1) is 0 Å². The maximum atomic E-state index is 12.9. The summed E-state index contributed by atoms with van der Waals surface area (Å²) in [6.07, 6.45) is 0.